The van der Waals surface area contributed by atoms with Crippen molar-refractivity contribution in [2.45, 2.75) is 20.8 Å². The second-order valence-corrected chi connectivity index (χ2v) is 5.64. The molecule has 0 unspecified atom stereocenters. The Kier molecular flexibility index (Phi) is 3.74. The molecule has 0 fully saturated rings. The number of nitrogens with one attached hydrogen (secondary N) is 1. The first-order chi connectivity index (χ1) is 11.0. The van der Waals surface area contributed by atoms with Crippen LogP contribution < -0.4 is 5.32 Å². The van der Waals surface area contributed by atoms with E-state index < -0.39 is 0 Å². The molecule has 3 rings (SSSR count). The van der Waals surface area contributed by atoms with Crippen molar-refractivity contribution in [3.8, 4) is 0 Å². The summed E-state index contributed by atoms with van der Waals surface area (Å²) >= 11 is 0. The number of hydrogen-bond acceptors (Lipinski definition) is 3. The molecule has 0 bridgehead atoms. The quantitative estimate of drug-likeness (QED) is 0.724. The Morgan fingerprint density at radius 2 is 1.70 bits per heavy atom. The van der Waals surface area contributed by atoms with Crippen LogP contribution in [-0.2, 0) is 0 Å². The monoisotopic (exact) mass is 307 g/mol. The standard InChI is InChI=1S/C19H17NO3/c1-11-4-9-17-16(10-11)12(2)18(23-17)19(22)20-15-7-5-14(6-8-15)13(3)21/h4-10H,1-3H3,(H,20,22). The minimum absolute atomic E-state index is 0.00799. The summed E-state index contributed by atoms with van der Waals surface area (Å²) in [5, 5.41) is 3.74. The molecule has 23 heavy (non-hydrogen) atoms. The molecule has 0 aliphatic heterocycles. The normalized spacial score (nSPS) is 10.7. The lowest BCUT2D eigenvalue weighted by atomic mass is 10.1. The van der Waals surface area contributed by atoms with E-state index in [0.29, 0.717) is 22.6 Å². The number of ketones is 1. The first kappa shape index (κ1) is 15.0. The summed E-state index contributed by atoms with van der Waals surface area (Å²) < 4.78 is 5.68. The Morgan fingerprint density at radius 1 is 1.00 bits per heavy atom. The molecule has 0 aliphatic carbocycles. The fourth-order valence-electron chi connectivity index (χ4n) is 2.53. The van der Waals surface area contributed by atoms with E-state index in [-0.39, 0.29) is 11.7 Å². The molecule has 1 amide bonds. The van der Waals surface area contributed by atoms with Crippen LogP contribution in [0.25, 0.3) is 11.0 Å². The van der Waals surface area contributed by atoms with E-state index in [4.69, 9.17) is 4.42 Å². The number of fused-ring (bicyclic) bond motifs is 1. The number of carbonyl (C=O) groups excluding carboxylic acids is 2. The molecule has 0 aliphatic rings. The highest BCUT2D eigenvalue weighted by molar-refractivity contribution is 6.06. The summed E-state index contributed by atoms with van der Waals surface area (Å²) in [6.07, 6.45) is 0. The number of anilines is 1. The van der Waals surface area contributed by atoms with Gasteiger partial charge >= 0.3 is 0 Å². The number of amides is 1. The number of rotatable bonds is 3. The summed E-state index contributed by atoms with van der Waals surface area (Å²) in [5.74, 6) is -0.000419. The molecule has 0 saturated heterocycles. The number of carbonyl (C=O) groups is 2. The Balaban J connectivity index is 1.88. The highest BCUT2D eigenvalue weighted by atomic mass is 16.3. The second kappa shape index (κ2) is 5.72. The Morgan fingerprint density at radius 3 is 2.35 bits per heavy atom. The maximum atomic E-state index is 12.4. The third kappa shape index (κ3) is 2.88. The number of furan rings is 1. The average Bonchev–Trinajstić information content (AvgIpc) is 2.85. The smallest absolute Gasteiger partial charge is 0.291 e. The molecule has 3 aromatic rings. The van der Waals surface area contributed by atoms with Crippen molar-refractivity contribution in [3.05, 3.63) is 64.9 Å². The minimum Gasteiger partial charge on any atom is -0.451 e. The molecule has 1 aromatic heterocycles. The fraction of sp³-hybridized carbons (Fsp3) is 0.158. The summed E-state index contributed by atoms with van der Waals surface area (Å²) in [6, 6.07) is 12.6. The zero-order chi connectivity index (χ0) is 16.6. The van der Waals surface area contributed by atoms with Crippen LogP contribution in [-0.4, -0.2) is 11.7 Å². The van der Waals surface area contributed by atoms with Gasteiger partial charge in [-0.05, 0) is 57.2 Å². The molecule has 2 aromatic carbocycles. The predicted molar refractivity (Wildman–Crippen MR) is 90.1 cm³/mol. The zero-order valence-electron chi connectivity index (χ0n) is 13.3. The third-order valence-corrected chi connectivity index (χ3v) is 3.85. The van der Waals surface area contributed by atoms with Crippen molar-refractivity contribution in [2.75, 3.05) is 5.32 Å². The minimum atomic E-state index is -0.299. The van der Waals surface area contributed by atoms with Gasteiger partial charge in [0.25, 0.3) is 5.91 Å². The van der Waals surface area contributed by atoms with Gasteiger partial charge < -0.3 is 9.73 Å². The van der Waals surface area contributed by atoms with Crippen LogP contribution in [0.2, 0.25) is 0 Å². The molecule has 0 saturated carbocycles. The number of benzene rings is 2. The van der Waals surface area contributed by atoms with Gasteiger partial charge in [0.15, 0.2) is 11.5 Å². The van der Waals surface area contributed by atoms with E-state index in [9.17, 15) is 9.59 Å². The van der Waals surface area contributed by atoms with Crippen LogP contribution >= 0.6 is 0 Å². The molecule has 0 radical (unpaired) electrons. The van der Waals surface area contributed by atoms with Crippen molar-refractivity contribution in [3.63, 3.8) is 0 Å². The van der Waals surface area contributed by atoms with Gasteiger partial charge in [-0.1, -0.05) is 11.6 Å². The van der Waals surface area contributed by atoms with E-state index in [1.54, 1.807) is 24.3 Å². The topological polar surface area (TPSA) is 59.3 Å². The van der Waals surface area contributed by atoms with Crippen molar-refractivity contribution >= 4 is 28.3 Å². The maximum Gasteiger partial charge on any atom is 0.291 e. The highest BCUT2D eigenvalue weighted by Gasteiger charge is 2.17. The van der Waals surface area contributed by atoms with Gasteiger partial charge in [-0.3, -0.25) is 9.59 Å². The SMILES string of the molecule is CC(=O)c1ccc(NC(=O)c2oc3ccc(C)cc3c2C)cc1. The van der Waals surface area contributed by atoms with Crippen LogP contribution in [0, 0.1) is 13.8 Å². The van der Waals surface area contributed by atoms with Crippen LogP contribution in [0.4, 0.5) is 5.69 Å². The van der Waals surface area contributed by atoms with Crippen LogP contribution in [0.3, 0.4) is 0 Å². The van der Waals surface area contributed by atoms with E-state index in [1.165, 1.54) is 6.92 Å². The summed E-state index contributed by atoms with van der Waals surface area (Å²) in [6.45, 7) is 5.38. The average molecular weight is 307 g/mol. The third-order valence-electron chi connectivity index (χ3n) is 3.85. The van der Waals surface area contributed by atoms with Crippen molar-refractivity contribution in [1.29, 1.82) is 0 Å². The molecule has 1 N–H and O–H groups in total. The van der Waals surface area contributed by atoms with Gasteiger partial charge in [0.2, 0.25) is 0 Å². The number of aryl methyl sites for hydroxylation is 2. The zero-order valence-corrected chi connectivity index (χ0v) is 13.3. The predicted octanol–water partition coefficient (Wildman–Crippen LogP) is 4.50. The first-order valence-corrected chi connectivity index (χ1v) is 7.38. The van der Waals surface area contributed by atoms with Crippen molar-refractivity contribution < 1.29 is 14.0 Å². The summed E-state index contributed by atoms with van der Waals surface area (Å²) in [7, 11) is 0. The summed E-state index contributed by atoms with van der Waals surface area (Å²) in [5.41, 5.74) is 3.87. The van der Waals surface area contributed by atoms with E-state index in [0.717, 1.165) is 16.5 Å². The van der Waals surface area contributed by atoms with Gasteiger partial charge in [-0.2, -0.15) is 0 Å². The van der Waals surface area contributed by atoms with Gasteiger partial charge in [-0.15, -0.1) is 0 Å². The van der Waals surface area contributed by atoms with Crippen molar-refractivity contribution in [2.24, 2.45) is 0 Å². The van der Waals surface area contributed by atoms with E-state index in [2.05, 4.69) is 5.32 Å². The van der Waals surface area contributed by atoms with Crippen LogP contribution in [0.5, 0.6) is 0 Å². The molecule has 4 nitrogen and oxygen atoms in total. The first-order valence-electron chi connectivity index (χ1n) is 7.38. The van der Waals surface area contributed by atoms with Gasteiger partial charge in [-0.25, -0.2) is 0 Å². The molecule has 4 heteroatoms. The number of hydrogen-bond donors (Lipinski definition) is 1. The Bertz CT molecular complexity index is 904. The highest BCUT2D eigenvalue weighted by Crippen LogP contribution is 2.26. The molecule has 0 spiro atoms. The van der Waals surface area contributed by atoms with Gasteiger partial charge in [0.05, 0.1) is 0 Å². The maximum absolute atomic E-state index is 12.4. The Hall–Kier alpha value is -2.88. The van der Waals surface area contributed by atoms with Crippen molar-refractivity contribution in [1.82, 2.24) is 0 Å². The lowest BCUT2D eigenvalue weighted by Gasteiger charge is -2.04. The largest absolute Gasteiger partial charge is 0.451 e. The molecular formula is C19H17NO3. The molecule has 0 atom stereocenters. The Labute approximate surface area is 134 Å². The lowest BCUT2D eigenvalue weighted by Crippen LogP contribution is -2.12. The summed E-state index contributed by atoms with van der Waals surface area (Å²) in [4.78, 5) is 23.7. The van der Waals surface area contributed by atoms with Crippen LogP contribution in [0.15, 0.2) is 46.9 Å². The molecule has 116 valence electrons. The van der Waals surface area contributed by atoms with E-state index >= 15 is 0 Å². The molecular weight excluding hydrogens is 290 g/mol. The fourth-order valence-corrected chi connectivity index (χ4v) is 2.53. The van der Waals surface area contributed by atoms with Gasteiger partial charge in [0, 0.05) is 22.2 Å². The lowest BCUT2D eigenvalue weighted by molar-refractivity contribution is 0.0995. The molecule has 1 heterocycles. The second-order valence-electron chi connectivity index (χ2n) is 5.64. The van der Waals surface area contributed by atoms with Gasteiger partial charge in [0.1, 0.15) is 5.58 Å². The van der Waals surface area contributed by atoms with Crippen LogP contribution in [0.1, 0.15) is 39.0 Å². The number of Topliss-reactive ketones (excluding diaryl/α,β-unsaturated/α-hetero) is 1. The van der Waals surface area contributed by atoms with E-state index in [1.807, 2.05) is 32.0 Å².